The highest BCUT2D eigenvalue weighted by Crippen LogP contribution is 2.35. The van der Waals surface area contributed by atoms with E-state index in [1.54, 1.807) is 14.0 Å². The lowest BCUT2D eigenvalue weighted by Crippen LogP contribution is -2.34. The van der Waals surface area contributed by atoms with Gasteiger partial charge in [-0.1, -0.05) is 24.3 Å². The van der Waals surface area contributed by atoms with Gasteiger partial charge in [0, 0.05) is 12.0 Å². The molecule has 2 atom stereocenters. The van der Waals surface area contributed by atoms with E-state index < -0.39 is 17.7 Å². The van der Waals surface area contributed by atoms with Crippen molar-refractivity contribution < 1.29 is 13.5 Å². The Balaban J connectivity index is 1.96. The van der Waals surface area contributed by atoms with Crippen LogP contribution >= 0.6 is 0 Å². The largest absolute Gasteiger partial charge is 0.488 e. The minimum Gasteiger partial charge on any atom is -0.488 e. The lowest BCUT2D eigenvalue weighted by molar-refractivity contribution is 0.178. The van der Waals surface area contributed by atoms with Gasteiger partial charge in [0.25, 0.3) is 0 Å². The van der Waals surface area contributed by atoms with Crippen molar-refractivity contribution in [3.8, 4) is 5.75 Å². The molecule has 4 heteroatoms. The lowest BCUT2D eigenvalue weighted by atomic mass is 9.95. The molecule has 1 heterocycles. The number of para-hydroxylation sites is 1. The lowest BCUT2D eigenvalue weighted by Gasteiger charge is -2.24. The van der Waals surface area contributed by atoms with E-state index in [-0.39, 0.29) is 11.7 Å². The van der Waals surface area contributed by atoms with Crippen LogP contribution in [0.3, 0.4) is 0 Å². The van der Waals surface area contributed by atoms with E-state index in [0.717, 1.165) is 11.3 Å². The van der Waals surface area contributed by atoms with Crippen LogP contribution in [0.15, 0.2) is 36.4 Å². The molecule has 3 rings (SSSR count). The fraction of sp³-hybridized carbons (Fsp3) is 0.294. The Kier molecular flexibility index (Phi) is 3.64. The second-order valence-corrected chi connectivity index (χ2v) is 5.33. The number of halogens is 2. The normalized spacial score (nSPS) is 18.2. The van der Waals surface area contributed by atoms with E-state index >= 15 is 0 Å². The molecule has 0 bridgehead atoms. The van der Waals surface area contributed by atoms with E-state index in [1.807, 2.05) is 24.3 Å². The predicted octanol–water partition coefficient (Wildman–Crippen LogP) is 3.54. The molecule has 0 aromatic heterocycles. The molecule has 21 heavy (non-hydrogen) atoms. The molecule has 2 aromatic rings. The summed E-state index contributed by atoms with van der Waals surface area (Å²) in [5.41, 5.74) is 1.55. The van der Waals surface area contributed by atoms with Crippen LogP contribution in [0.4, 0.5) is 8.78 Å². The Morgan fingerprint density at radius 1 is 1.19 bits per heavy atom. The van der Waals surface area contributed by atoms with E-state index in [0.29, 0.717) is 12.0 Å². The zero-order valence-corrected chi connectivity index (χ0v) is 12.0. The first-order chi connectivity index (χ1) is 10.1. The summed E-state index contributed by atoms with van der Waals surface area (Å²) in [6.07, 6.45) is 0.312. The average molecular weight is 289 g/mol. The minimum absolute atomic E-state index is 0.0512. The summed E-state index contributed by atoms with van der Waals surface area (Å²) in [6.45, 7) is 1.63. The number of ether oxygens (including phenoxy) is 1. The van der Waals surface area contributed by atoms with Crippen LogP contribution < -0.4 is 10.1 Å². The SMILES string of the molecule is CNC(c1c(F)ccc(C)c1F)C1Cc2ccccc2O1. The van der Waals surface area contributed by atoms with Crippen LogP contribution in [0.25, 0.3) is 0 Å². The van der Waals surface area contributed by atoms with Crippen LogP contribution in [0.2, 0.25) is 0 Å². The summed E-state index contributed by atoms with van der Waals surface area (Å²) in [7, 11) is 1.69. The monoisotopic (exact) mass is 289 g/mol. The topological polar surface area (TPSA) is 21.3 Å². The smallest absolute Gasteiger partial charge is 0.133 e. The van der Waals surface area contributed by atoms with Crippen molar-refractivity contribution in [3.05, 3.63) is 64.7 Å². The first-order valence-electron chi connectivity index (χ1n) is 6.98. The van der Waals surface area contributed by atoms with Gasteiger partial charge in [0.1, 0.15) is 23.5 Å². The van der Waals surface area contributed by atoms with Crippen LogP contribution in [0.1, 0.15) is 22.7 Å². The van der Waals surface area contributed by atoms with Gasteiger partial charge in [0.2, 0.25) is 0 Å². The fourth-order valence-electron chi connectivity index (χ4n) is 2.87. The summed E-state index contributed by atoms with van der Waals surface area (Å²) in [5.74, 6) is -0.262. The van der Waals surface area contributed by atoms with Crippen molar-refractivity contribution in [1.82, 2.24) is 5.32 Å². The molecule has 1 N–H and O–H groups in total. The minimum atomic E-state index is -0.544. The Morgan fingerprint density at radius 3 is 2.67 bits per heavy atom. The maximum Gasteiger partial charge on any atom is 0.133 e. The summed E-state index contributed by atoms with van der Waals surface area (Å²) < 4.78 is 34.3. The van der Waals surface area contributed by atoms with Gasteiger partial charge < -0.3 is 10.1 Å². The van der Waals surface area contributed by atoms with Crippen LogP contribution in [-0.2, 0) is 6.42 Å². The number of likely N-dealkylation sites (N-methyl/N-ethyl adjacent to an activating group) is 1. The molecule has 2 nitrogen and oxygen atoms in total. The molecular formula is C17H17F2NO. The average Bonchev–Trinajstić information content (AvgIpc) is 2.91. The molecule has 2 aromatic carbocycles. The van der Waals surface area contributed by atoms with Crippen LogP contribution in [0, 0.1) is 18.6 Å². The Morgan fingerprint density at radius 2 is 1.95 bits per heavy atom. The van der Waals surface area contributed by atoms with Crippen molar-refractivity contribution in [2.24, 2.45) is 0 Å². The number of nitrogens with one attached hydrogen (secondary N) is 1. The van der Waals surface area contributed by atoms with Crippen molar-refractivity contribution in [3.63, 3.8) is 0 Å². The highest BCUT2D eigenvalue weighted by molar-refractivity contribution is 5.39. The van der Waals surface area contributed by atoms with E-state index in [9.17, 15) is 8.78 Å². The number of hydrogen-bond donors (Lipinski definition) is 1. The molecule has 2 unspecified atom stereocenters. The number of rotatable bonds is 3. The van der Waals surface area contributed by atoms with Gasteiger partial charge in [0.05, 0.1) is 6.04 Å². The second-order valence-electron chi connectivity index (χ2n) is 5.33. The summed E-state index contributed by atoms with van der Waals surface area (Å²) in [4.78, 5) is 0. The summed E-state index contributed by atoms with van der Waals surface area (Å²) in [6, 6.07) is 9.91. The number of benzene rings is 2. The van der Waals surface area contributed by atoms with Gasteiger partial charge in [-0.05, 0) is 37.2 Å². The molecule has 0 fully saturated rings. The van der Waals surface area contributed by atoms with Crippen LogP contribution in [-0.4, -0.2) is 13.2 Å². The molecule has 0 saturated carbocycles. The number of hydrogen-bond acceptors (Lipinski definition) is 2. The summed E-state index contributed by atoms with van der Waals surface area (Å²) in [5, 5.41) is 3.00. The molecule has 0 saturated heterocycles. The first-order valence-corrected chi connectivity index (χ1v) is 6.98. The van der Waals surface area contributed by atoms with Gasteiger partial charge in [-0.15, -0.1) is 0 Å². The predicted molar refractivity (Wildman–Crippen MR) is 77.5 cm³/mol. The zero-order chi connectivity index (χ0) is 15.0. The summed E-state index contributed by atoms with van der Waals surface area (Å²) >= 11 is 0. The number of fused-ring (bicyclic) bond motifs is 1. The third-order valence-corrected chi connectivity index (χ3v) is 3.99. The third kappa shape index (κ3) is 2.40. The van der Waals surface area contributed by atoms with Gasteiger partial charge >= 0.3 is 0 Å². The molecular weight excluding hydrogens is 272 g/mol. The molecule has 0 amide bonds. The van der Waals surface area contributed by atoms with Crippen molar-refractivity contribution in [2.75, 3.05) is 7.05 Å². The maximum absolute atomic E-state index is 14.3. The number of aryl methyl sites for hydroxylation is 1. The fourth-order valence-corrected chi connectivity index (χ4v) is 2.87. The van der Waals surface area contributed by atoms with E-state index in [4.69, 9.17) is 4.74 Å². The highest BCUT2D eigenvalue weighted by Gasteiger charge is 2.34. The van der Waals surface area contributed by atoms with Crippen molar-refractivity contribution >= 4 is 0 Å². The Labute approximate surface area is 122 Å². The van der Waals surface area contributed by atoms with Gasteiger partial charge in [0.15, 0.2) is 0 Å². The quantitative estimate of drug-likeness (QED) is 0.933. The van der Waals surface area contributed by atoms with Gasteiger partial charge in [-0.3, -0.25) is 0 Å². The van der Waals surface area contributed by atoms with Crippen molar-refractivity contribution in [1.29, 1.82) is 0 Å². The van der Waals surface area contributed by atoms with Crippen molar-refractivity contribution in [2.45, 2.75) is 25.5 Å². The Hall–Kier alpha value is -1.94. The van der Waals surface area contributed by atoms with E-state index in [2.05, 4.69) is 5.32 Å². The Bertz CT molecular complexity index is 647. The van der Waals surface area contributed by atoms with Gasteiger partial charge in [-0.2, -0.15) is 0 Å². The first kappa shape index (κ1) is 14.0. The molecule has 0 radical (unpaired) electrons. The molecule has 0 spiro atoms. The zero-order valence-electron chi connectivity index (χ0n) is 12.0. The molecule has 1 aliphatic rings. The van der Waals surface area contributed by atoms with E-state index in [1.165, 1.54) is 12.1 Å². The molecule has 0 aliphatic carbocycles. The standard InChI is InChI=1S/C17H17F2NO/c1-10-7-8-12(18)15(16(10)19)17(20-2)14-9-11-5-3-4-6-13(11)21-14/h3-8,14,17,20H,9H2,1-2H3. The van der Waals surface area contributed by atoms with Crippen LogP contribution in [0.5, 0.6) is 5.75 Å². The highest BCUT2D eigenvalue weighted by atomic mass is 19.1. The third-order valence-electron chi connectivity index (χ3n) is 3.99. The second kappa shape index (κ2) is 5.45. The maximum atomic E-state index is 14.3. The molecule has 110 valence electrons. The molecule has 1 aliphatic heterocycles. The van der Waals surface area contributed by atoms with Gasteiger partial charge in [-0.25, -0.2) is 8.78 Å².